The Kier molecular flexibility index (Phi) is 4.48. The molecule has 0 saturated heterocycles. The van der Waals surface area contributed by atoms with Crippen molar-refractivity contribution in [3.63, 3.8) is 0 Å². The lowest BCUT2D eigenvalue weighted by Gasteiger charge is -2.08. The maximum absolute atomic E-state index is 5.95. The third-order valence-electron chi connectivity index (χ3n) is 4.22. The van der Waals surface area contributed by atoms with E-state index in [0.717, 1.165) is 39.5 Å². The number of aromatic nitrogens is 3. The first-order valence-electron chi connectivity index (χ1n) is 8.55. The van der Waals surface area contributed by atoms with Gasteiger partial charge in [0.05, 0.1) is 5.69 Å². The van der Waals surface area contributed by atoms with Crippen LogP contribution in [0, 0.1) is 6.92 Å². The van der Waals surface area contributed by atoms with Crippen molar-refractivity contribution in [2.75, 3.05) is 0 Å². The molecule has 1 N–H and O–H groups in total. The lowest BCUT2D eigenvalue weighted by Crippen LogP contribution is -1.95. The smallest absolute Gasteiger partial charge is 0.120 e. The normalized spacial score (nSPS) is 10.7. The zero-order valence-electron chi connectivity index (χ0n) is 14.5. The van der Waals surface area contributed by atoms with E-state index in [-0.39, 0.29) is 0 Å². The second-order valence-corrected chi connectivity index (χ2v) is 6.09. The quantitative estimate of drug-likeness (QED) is 0.554. The molecule has 26 heavy (non-hydrogen) atoms. The number of hydrogen-bond acceptors (Lipinski definition) is 3. The first-order chi connectivity index (χ1) is 12.8. The molecule has 0 aliphatic carbocycles. The molecule has 4 heteroatoms. The van der Waals surface area contributed by atoms with Crippen LogP contribution in [0.1, 0.15) is 11.3 Å². The molecular formula is C22H19N3O. The van der Waals surface area contributed by atoms with E-state index in [2.05, 4.69) is 27.3 Å². The molecule has 0 fully saturated rings. The number of benzene rings is 2. The highest BCUT2D eigenvalue weighted by atomic mass is 16.5. The maximum Gasteiger partial charge on any atom is 0.120 e. The number of rotatable bonds is 5. The Bertz CT molecular complexity index is 994. The summed E-state index contributed by atoms with van der Waals surface area (Å²) in [6, 6.07) is 24.0. The van der Waals surface area contributed by atoms with Gasteiger partial charge in [-0.05, 0) is 36.8 Å². The van der Waals surface area contributed by atoms with Crippen LogP contribution in [0.2, 0.25) is 0 Å². The standard InChI is InChI=1S/C22H19N3O/c1-16-21(20-12-5-6-13-23-20)22(25-24-16)18-10-7-11-19(14-18)26-15-17-8-3-2-4-9-17/h2-14H,15H2,1H3,(H,24,25). The molecule has 4 rings (SSSR count). The van der Waals surface area contributed by atoms with Crippen molar-refractivity contribution >= 4 is 0 Å². The van der Waals surface area contributed by atoms with Crippen LogP contribution in [0.5, 0.6) is 5.75 Å². The van der Waals surface area contributed by atoms with Gasteiger partial charge in [0.15, 0.2) is 0 Å². The minimum atomic E-state index is 0.539. The predicted molar refractivity (Wildman–Crippen MR) is 103 cm³/mol. The van der Waals surface area contributed by atoms with Crippen molar-refractivity contribution in [2.45, 2.75) is 13.5 Å². The van der Waals surface area contributed by atoms with Gasteiger partial charge < -0.3 is 4.74 Å². The monoisotopic (exact) mass is 341 g/mol. The molecule has 0 radical (unpaired) electrons. The Morgan fingerprint density at radius 1 is 0.923 bits per heavy atom. The van der Waals surface area contributed by atoms with Gasteiger partial charge in [-0.25, -0.2) is 0 Å². The van der Waals surface area contributed by atoms with Gasteiger partial charge in [0, 0.05) is 23.0 Å². The van der Waals surface area contributed by atoms with Gasteiger partial charge in [-0.1, -0.05) is 48.5 Å². The second kappa shape index (κ2) is 7.23. The molecule has 4 aromatic rings. The summed E-state index contributed by atoms with van der Waals surface area (Å²) < 4.78 is 5.95. The summed E-state index contributed by atoms with van der Waals surface area (Å²) in [7, 11) is 0. The van der Waals surface area contributed by atoms with E-state index in [1.165, 1.54) is 0 Å². The molecular weight excluding hydrogens is 322 g/mol. The van der Waals surface area contributed by atoms with Gasteiger partial charge in [0.1, 0.15) is 18.1 Å². The van der Waals surface area contributed by atoms with E-state index < -0.39 is 0 Å². The van der Waals surface area contributed by atoms with Crippen molar-refractivity contribution in [2.24, 2.45) is 0 Å². The van der Waals surface area contributed by atoms with Gasteiger partial charge in [-0.3, -0.25) is 10.1 Å². The number of aryl methyl sites for hydroxylation is 1. The number of pyridine rings is 1. The molecule has 0 spiro atoms. The third-order valence-corrected chi connectivity index (χ3v) is 4.22. The van der Waals surface area contributed by atoms with E-state index in [9.17, 15) is 0 Å². The molecule has 2 aromatic carbocycles. The topological polar surface area (TPSA) is 50.8 Å². The number of nitrogens with zero attached hydrogens (tertiary/aromatic N) is 2. The van der Waals surface area contributed by atoms with Crippen molar-refractivity contribution < 1.29 is 4.74 Å². The Hall–Kier alpha value is -3.40. The van der Waals surface area contributed by atoms with Crippen molar-refractivity contribution in [1.29, 1.82) is 0 Å². The van der Waals surface area contributed by atoms with E-state index in [1.54, 1.807) is 6.20 Å². The molecule has 0 amide bonds. The van der Waals surface area contributed by atoms with Crippen molar-refractivity contribution in [3.05, 3.63) is 90.3 Å². The number of nitrogens with one attached hydrogen (secondary N) is 1. The third kappa shape index (κ3) is 3.35. The predicted octanol–water partition coefficient (Wildman–Crippen LogP) is 5.03. The molecule has 0 unspecified atom stereocenters. The first kappa shape index (κ1) is 16.1. The summed E-state index contributed by atoms with van der Waals surface area (Å²) >= 11 is 0. The van der Waals surface area contributed by atoms with Gasteiger partial charge in [0.25, 0.3) is 0 Å². The van der Waals surface area contributed by atoms with Gasteiger partial charge in [0.2, 0.25) is 0 Å². The van der Waals surface area contributed by atoms with Gasteiger partial charge >= 0.3 is 0 Å². The SMILES string of the molecule is Cc1[nH]nc(-c2cccc(OCc3ccccc3)c2)c1-c1ccccn1. The fourth-order valence-corrected chi connectivity index (χ4v) is 2.94. The van der Waals surface area contributed by atoms with Crippen LogP contribution in [0.3, 0.4) is 0 Å². The van der Waals surface area contributed by atoms with Crippen LogP contribution in [0.15, 0.2) is 79.0 Å². The molecule has 2 aromatic heterocycles. The van der Waals surface area contributed by atoms with E-state index in [1.807, 2.05) is 67.6 Å². The first-order valence-corrected chi connectivity index (χ1v) is 8.55. The highest BCUT2D eigenvalue weighted by Gasteiger charge is 2.15. The summed E-state index contributed by atoms with van der Waals surface area (Å²) in [5.74, 6) is 0.818. The molecule has 4 nitrogen and oxygen atoms in total. The minimum Gasteiger partial charge on any atom is -0.489 e. The zero-order valence-corrected chi connectivity index (χ0v) is 14.5. The Balaban J connectivity index is 1.63. The van der Waals surface area contributed by atoms with Crippen LogP contribution < -0.4 is 4.74 Å². The fraction of sp³-hybridized carbons (Fsp3) is 0.0909. The van der Waals surface area contributed by atoms with Crippen LogP contribution >= 0.6 is 0 Å². The second-order valence-electron chi connectivity index (χ2n) is 6.09. The van der Waals surface area contributed by atoms with E-state index in [4.69, 9.17) is 4.74 Å². The summed E-state index contributed by atoms with van der Waals surface area (Å²) in [4.78, 5) is 4.48. The average Bonchev–Trinajstić information content (AvgIpc) is 3.09. The Labute approximate surface area is 152 Å². The van der Waals surface area contributed by atoms with E-state index in [0.29, 0.717) is 6.61 Å². The molecule has 2 heterocycles. The van der Waals surface area contributed by atoms with Gasteiger partial charge in [-0.2, -0.15) is 5.10 Å². The van der Waals surface area contributed by atoms with Crippen molar-refractivity contribution in [1.82, 2.24) is 15.2 Å². The summed E-state index contributed by atoms with van der Waals surface area (Å²) in [6.45, 7) is 2.55. The largest absolute Gasteiger partial charge is 0.489 e. The summed E-state index contributed by atoms with van der Waals surface area (Å²) in [6.07, 6.45) is 1.80. The zero-order chi connectivity index (χ0) is 17.8. The summed E-state index contributed by atoms with van der Waals surface area (Å²) in [5, 5.41) is 7.58. The number of aromatic amines is 1. The van der Waals surface area contributed by atoms with Crippen LogP contribution in [0.25, 0.3) is 22.5 Å². The summed E-state index contributed by atoms with van der Waals surface area (Å²) in [5.41, 5.74) is 5.94. The molecule has 128 valence electrons. The lowest BCUT2D eigenvalue weighted by atomic mass is 10.0. The fourth-order valence-electron chi connectivity index (χ4n) is 2.94. The maximum atomic E-state index is 5.95. The van der Waals surface area contributed by atoms with Crippen LogP contribution in [-0.4, -0.2) is 15.2 Å². The molecule has 0 aliphatic heterocycles. The van der Waals surface area contributed by atoms with Gasteiger partial charge in [-0.15, -0.1) is 0 Å². The Morgan fingerprint density at radius 3 is 2.58 bits per heavy atom. The van der Waals surface area contributed by atoms with Crippen molar-refractivity contribution in [3.8, 4) is 28.3 Å². The highest BCUT2D eigenvalue weighted by molar-refractivity contribution is 5.81. The molecule has 0 saturated carbocycles. The Morgan fingerprint density at radius 2 is 1.77 bits per heavy atom. The van der Waals surface area contributed by atoms with E-state index >= 15 is 0 Å². The van der Waals surface area contributed by atoms with Crippen LogP contribution in [0.4, 0.5) is 0 Å². The molecule has 0 atom stereocenters. The minimum absolute atomic E-state index is 0.539. The molecule has 0 aliphatic rings. The number of hydrogen-bond donors (Lipinski definition) is 1. The highest BCUT2D eigenvalue weighted by Crippen LogP contribution is 2.33. The number of H-pyrrole nitrogens is 1. The van der Waals surface area contributed by atoms with Crippen LogP contribution in [-0.2, 0) is 6.61 Å². The number of ether oxygens (including phenoxy) is 1. The lowest BCUT2D eigenvalue weighted by molar-refractivity contribution is 0.306. The average molecular weight is 341 g/mol. The molecule has 0 bridgehead atoms.